The topological polar surface area (TPSA) is 66.4 Å². The molecular formula is C12H17ClFNO3S. The van der Waals surface area contributed by atoms with Crippen molar-refractivity contribution in [3.8, 4) is 0 Å². The molecule has 1 aromatic carbocycles. The highest BCUT2D eigenvalue weighted by molar-refractivity contribution is 7.89. The molecule has 0 aliphatic heterocycles. The molecule has 4 nitrogen and oxygen atoms in total. The predicted molar refractivity (Wildman–Crippen MR) is 72.1 cm³/mol. The fraction of sp³-hybridized carbons (Fsp3) is 0.500. The first-order valence-electron chi connectivity index (χ1n) is 5.85. The number of nitrogens with one attached hydrogen (secondary N) is 1. The normalized spacial score (nSPS) is 15.2. The van der Waals surface area contributed by atoms with E-state index in [1.165, 1.54) is 0 Å². The lowest BCUT2D eigenvalue weighted by atomic mass is 10.1. The molecule has 0 saturated heterocycles. The van der Waals surface area contributed by atoms with Gasteiger partial charge in [-0.1, -0.05) is 18.5 Å². The molecule has 1 rings (SSSR count). The number of benzene rings is 1. The average molecular weight is 310 g/mol. The summed E-state index contributed by atoms with van der Waals surface area (Å²) < 4.78 is 39.2. The number of hydrogen-bond acceptors (Lipinski definition) is 3. The van der Waals surface area contributed by atoms with Crippen molar-refractivity contribution < 1.29 is 17.9 Å². The van der Waals surface area contributed by atoms with E-state index >= 15 is 0 Å². The van der Waals surface area contributed by atoms with Crippen LogP contribution in [0.3, 0.4) is 0 Å². The van der Waals surface area contributed by atoms with Crippen LogP contribution in [0.25, 0.3) is 0 Å². The van der Waals surface area contributed by atoms with Crippen LogP contribution in [-0.2, 0) is 10.0 Å². The van der Waals surface area contributed by atoms with Gasteiger partial charge in [0.15, 0.2) is 0 Å². The van der Waals surface area contributed by atoms with Crippen LogP contribution in [0.2, 0.25) is 5.02 Å². The summed E-state index contributed by atoms with van der Waals surface area (Å²) in [5, 5.41) is 8.96. The Morgan fingerprint density at radius 2 is 2.05 bits per heavy atom. The van der Waals surface area contributed by atoms with Gasteiger partial charge in [0, 0.05) is 6.54 Å². The maximum absolute atomic E-state index is 13.0. The zero-order chi connectivity index (χ0) is 14.6. The van der Waals surface area contributed by atoms with Crippen molar-refractivity contribution in [2.24, 2.45) is 5.92 Å². The number of rotatable bonds is 6. The summed E-state index contributed by atoms with van der Waals surface area (Å²) in [5.41, 5.74) is 0. The van der Waals surface area contributed by atoms with E-state index < -0.39 is 21.9 Å². The van der Waals surface area contributed by atoms with Crippen molar-refractivity contribution in [1.82, 2.24) is 4.72 Å². The van der Waals surface area contributed by atoms with Crippen molar-refractivity contribution in [3.05, 3.63) is 29.0 Å². The highest BCUT2D eigenvalue weighted by Gasteiger charge is 2.17. The second kappa shape index (κ2) is 6.65. The molecule has 0 fully saturated rings. The highest BCUT2D eigenvalue weighted by Crippen LogP contribution is 2.19. The Hall–Kier alpha value is -0.690. The van der Waals surface area contributed by atoms with E-state index in [-0.39, 0.29) is 22.4 Å². The number of aliphatic hydroxyl groups excluding tert-OH is 1. The first-order chi connectivity index (χ1) is 8.72. The fourth-order valence-electron chi connectivity index (χ4n) is 1.64. The molecule has 0 bridgehead atoms. The van der Waals surface area contributed by atoms with Gasteiger partial charge in [0.25, 0.3) is 0 Å². The molecule has 0 heterocycles. The third-order valence-corrected chi connectivity index (χ3v) is 4.28. The first kappa shape index (κ1) is 16.4. The standard InChI is InChI=1S/C12H17ClFNO3S/c1-8(5-9(2)16)7-15-19(17,18)10-3-4-12(14)11(13)6-10/h3-4,6,8-9,15-16H,5,7H2,1-2H3. The molecule has 0 aliphatic carbocycles. The van der Waals surface area contributed by atoms with Gasteiger partial charge < -0.3 is 5.11 Å². The highest BCUT2D eigenvalue weighted by atomic mass is 35.5. The molecule has 0 amide bonds. The molecular weight excluding hydrogens is 293 g/mol. The largest absolute Gasteiger partial charge is 0.393 e. The molecule has 19 heavy (non-hydrogen) atoms. The maximum Gasteiger partial charge on any atom is 0.240 e. The van der Waals surface area contributed by atoms with Gasteiger partial charge in [-0.25, -0.2) is 17.5 Å². The van der Waals surface area contributed by atoms with Gasteiger partial charge in [0.2, 0.25) is 10.0 Å². The van der Waals surface area contributed by atoms with Crippen LogP contribution in [0.4, 0.5) is 4.39 Å². The molecule has 0 saturated carbocycles. The molecule has 0 radical (unpaired) electrons. The minimum Gasteiger partial charge on any atom is -0.393 e. The van der Waals surface area contributed by atoms with Crippen LogP contribution >= 0.6 is 11.6 Å². The molecule has 1 aromatic rings. The molecule has 2 unspecified atom stereocenters. The quantitative estimate of drug-likeness (QED) is 0.846. The predicted octanol–water partition coefficient (Wildman–Crippen LogP) is 2.16. The van der Waals surface area contributed by atoms with Gasteiger partial charge >= 0.3 is 0 Å². The lowest BCUT2D eigenvalue weighted by molar-refractivity contribution is 0.165. The number of hydrogen-bond donors (Lipinski definition) is 2. The van der Waals surface area contributed by atoms with E-state index in [0.717, 1.165) is 18.2 Å². The maximum atomic E-state index is 13.0. The zero-order valence-corrected chi connectivity index (χ0v) is 12.3. The molecule has 108 valence electrons. The Balaban J connectivity index is 2.73. The van der Waals surface area contributed by atoms with E-state index in [9.17, 15) is 17.9 Å². The van der Waals surface area contributed by atoms with Crippen LogP contribution in [0.5, 0.6) is 0 Å². The van der Waals surface area contributed by atoms with Crippen molar-refractivity contribution in [3.63, 3.8) is 0 Å². The van der Waals surface area contributed by atoms with Crippen LogP contribution in [0, 0.1) is 11.7 Å². The van der Waals surface area contributed by atoms with Crippen molar-refractivity contribution in [2.75, 3.05) is 6.54 Å². The van der Waals surface area contributed by atoms with Crippen molar-refractivity contribution in [1.29, 1.82) is 0 Å². The van der Waals surface area contributed by atoms with Crippen LogP contribution < -0.4 is 4.72 Å². The van der Waals surface area contributed by atoms with Crippen LogP contribution in [0.1, 0.15) is 20.3 Å². The molecule has 0 aromatic heterocycles. The van der Waals surface area contributed by atoms with Gasteiger partial charge in [-0.05, 0) is 37.5 Å². The van der Waals surface area contributed by atoms with Gasteiger partial charge in [0.05, 0.1) is 16.0 Å². The van der Waals surface area contributed by atoms with E-state index in [0.29, 0.717) is 6.42 Å². The summed E-state index contributed by atoms with van der Waals surface area (Å²) in [5.74, 6) is -0.672. The summed E-state index contributed by atoms with van der Waals surface area (Å²) in [6.45, 7) is 3.67. The smallest absolute Gasteiger partial charge is 0.240 e. The Kier molecular flexibility index (Phi) is 5.73. The summed E-state index contributed by atoms with van der Waals surface area (Å²) in [4.78, 5) is -0.0804. The fourth-order valence-corrected chi connectivity index (χ4v) is 3.08. The third-order valence-electron chi connectivity index (χ3n) is 2.57. The monoisotopic (exact) mass is 309 g/mol. The Labute approximate surface area is 117 Å². The van der Waals surface area contributed by atoms with Crippen LogP contribution in [-0.4, -0.2) is 26.2 Å². The molecule has 0 aliphatic rings. The van der Waals surface area contributed by atoms with E-state index in [1.807, 2.05) is 6.92 Å². The third kappa shape index (κ3) is 5.06. The minimum atomic E-state index is -3.71. The first-order valence-corrected chi connectivity index (χ1v) is 7.71. The second-order valence-corrected chi connectivity index (χ2v) is 6.79. The van der Waals surface area contributed by atoms with Crippen molar-refractivity contribution in [2.45, 2.75) is 31.3 Å². The molecule has 7 heteroatoms. The van der Waals surface area contributed by atoms with E-state index in [4.69, 9.17) is 11.6 Å². The molecule has 2 atom stereocenters. The Bertz CT molecular complexity index is 534. The zero-order valence-electron chi connectivity index (χ0n) is 10.7. The van der Waals surface area contributed by atoms with Crippen LogP contribution in [0.15, 0.2) is 23.1 Å². The van der Waals surface area contributed by atoms with Gasteiger partial charge in [0.1, 0.15) is 5.82 Å². The molecule has 2 N–H and O–H groups in total. The Morgan fingerprint density at radius 3 is 2.58 bits per heavy atom. The lowest BCUT2D eigenvalue weighted by Gasteiger charge is -2.14. The second-order valence-electron chi connectivity index (χ2n) is 4.62. The number of halogens is 2. The summed E-state index contributed by atoms with van der Waals surface area (Å²) in [7, 11) is -3.71. The van der Waals surface area contributed by atoms with E-state index in [2.05, 4.69) is 4.72 Å². The Morgan fingerprint density at radius 1 is 1.42 bits per heavy atom. The summed E-state index contributed by atoms with van der Waals surface area (Å²) in [6.07, 6.45) is 0.00643. The number of sulfonamides is 1. The lowest BCUT2D eigenvalue weighted by Crippen LogP contribution is -2.29. The average Bonchev–Trinajstić information content (AvgIpc) is 2.29. The number of aliphatic hydroxyl groups is 1. The molecule has 0 spiro atoms. The van der Waals surface area contributed by atoms with Crippen molar-refractivity contribution >= 4 is 21.6 Å². The van der Waals surface area contributed by atoms with Gasteiger partial charge in [-0.15, -0.1) is 0 Å². The van der Waals surface area contributed by atoms with Gasteiger partial charge in [-0.2, -0.15) is 0 Å². The van der Waals surface area contributed by atoms with E-state index in [1.54, 1.807) is 6.92 Å². The van der Waals surface area contributed by atoms with Gasteiger partial charge in [-0.3, -0.25) is 0 Å². The summed E-state index contributed by atoms with van der Waals surface area (Å²) >= 11 is 5.55. The summed E-state index contributed by atoms with van der Waals surface area (Å²) in [6, 6.07) is 3.23. The SMILES string of the molecule is CC(O)CC(C)CNS(=O)(=O)c1ccc(F)c(Cl)c1. The minimum absolute atomic E-state index is 0.00862.